The molecule has 1 aromatic rings. The zero-order valence-electron chi connectivity index (χ0n) is 11.6. The van der Waals surface area contributed by atoms with E-state index >= 15 is 0 Å². The summed E-state index contributed by atoms with van der Waals surface area (Å²) in [6.45, 7) is 2.94. The van der Waals surface area contributed by atoms with E-state index in [-0.39, 0.29) is 18.9 Å². The molecule has 0 aliphatic heterocycles. The smallest absolute Gasteiger partial charge is 0.306 e. The summed E-state index contributed by atoms with van der Waals surface area (Å²) in [5.74, 6) is -1.19. The van der Waals surface area contributed by atoms with Gasteiger partial charge < -0.3 is 19.7 Å². The van der Waals surface area contributed by atoms with Gasteiger partial charge in [0.1, 0.15) is 5.69 Å². The van der Waals surface area contributed by atoms with Gasteiger partial charge >= 0.3 is 5.97 Å². The Balaban J connectivity index is 2.64. The second-order valence-corrected chi connectivity index (χ2v) is 5.32. The Labute approximate surface area is 126 Å². The highest BCUT2D eigenvalue weighted by molar-refractivity contribution is 9.10. The van der Waals surface area contributed by atoms with Gasteiger partial charge in [-0.15, -0.1) is 0 Å². The first kappa shape index (κ1) is 16.7. The minimum absolute atomic E-state index is 0.142. The lowest BCUT2D eigenvalue weighted by molar-refractivity contribution is -0.139. The van der Waals surface area contributed by atoms with Gasteiger partial charge in [0.05, 0.1) is 12.5 Å². The molecule has 0 aliphatic rings. The number of carboxylic acids is 1. The summed E-state index contributed by atoms with van der Waals surface area (Å²) in [5, 5.41) is 11.4. The van der Waals surface area contributed by atoms with E-state index in [0.717, 1.165) is 17.4 Å². The van der Waals surface area contributed by atoms with Gasteiger partial charge in [0.2, 0.25) is 0 Å². The number of ether oxygens (including phenoxy) is 1. The number of methoxy groups -OCH3 is 1. The molecule has 0 radical (unpaired) electrons. The van der Waals surface area contributed by atoms with E-state index < -0.39 is 12.1 Å². The number of aromatic nitrogens is 1. The third kappa shape index (κ3) is 4.97. The molecule has 1 rings (SSSR count). The van der Waals surface area contributed by atoms with Crippen molar-refractivity contribution >= 4 is 27.8 Å². The molecule has 112 valence electrons. The fourth-order valence-corrected chi connectivity index (χ4v) is 2.29. The number of nitrogens with one attached hydrogen (secondary N) is 1. The van der Waals surface area contributed by atoms with Gasteiger partial charge in [-0.25, -0.2) is 0 Å². The molecule has 0 aliphatic carbocycles. The van der Waals surface area contributed by atoms with E-state index in [0.29, 0.717) is 5.69 Å². The van der Waals surface area contributed by atoms with Crippen molar-refractivity contribution in [2.75, 3.05) is 13.7 Å². The molecule has 0 bridgehead atoms. The summed E-state index contributed by atoms with van der Waals surface area (Å²) in [4.78, 5) is 22.7. The van der Waals surface area contributed by atoms with Gasteiger partial charge in [0, 0.05) is 30.9 Å². The van der Waals surface area contributed by atoms with Crippen LogP contribution in [0.25, 0.3) is 0 Å². The second kappa shape index (κ2) is 8.06. The molecule has 0 fully saturated rings. The Hall–Kier alpha value is -1.34. The van der Waals surface area contributed by atoms with Crippen LogP contribution in [0.3, 0.4) is 0 Å². The molecular formula is C13H19BrN2O4. The molecule has 1 amide bonds. The van der Waals surface area contributed by atoms with E-state index in [1.54, 1.807) is 6.07 Å². The highest BCUT2D eigenvalue weighted by Crippen LogP contribution is 2.15. The fraction of sp³-hybridized carbons (Fsp3) is 0.538. The maximum absolute atomic E-state index is 12.1. The molecule has 1 heterocycles. The number of carboxylic acid groups (broad SMARTS) is 1. The fourth-order valence-electron chi connectivity index (χ4n) is 1.82. The molecule has 1 aromatic heterocycles. The van der Waals surface area contributed by atoms with Crippen LogP contribution in [0.2, 0.25) is 0 Å². The molecule has 6 nitrogen and oxygen atoms in total. The Morgan fingerprint density at radius 3 is 2.80 bits per heavy atom. The quantitative estimate of drug-likeness (QED) is 0.753. The number of nitrogens with zero attached hydrogens (tertiary/aromatic N) is 1. The van der Waals surface area contributed by atoms with Crippen LogP contribution < -0.4 is 5.32 Å². The summed E-state index contributed by atoms with van der Waals surface area (Å²) in [6.07, 6.45) is 2.09. The highest BCUT2D eigenvalue weighted by Gasteiger charge is 2.16. The maximum Gasteiger partial charge on any atom is 0.306 e. The Bertz CT molecular complexity index is 473. The second-order valence-electron chi connectivity index (χ2n) is 4.40. The third-order valence-corrected chi connectivity index (χ3v) is 3.22. The lowest BCUT2D eigenvalue weighted by Gasteiger charge is -2.14. The maximum atomic E-state index is 12.1. The number of rotatable bonds is 8. The van der Waals surface area contributed by atoms with Gasteiger partial charge in [-0.3, -0.25) is 9.59 Å². The summed E-state index contributed by atoms with van der Waals surface area (Å²) in [7, 11) is 1.43. The largest absolute Gasteiger partial charge is 0.481 e. The Morgan fingerprint density at radius 1 is 1.55 bits per heavy atom. The van der Waals surface area contributed by atoms with Crippen molar-refractivity contribution in [3.8, 4) is 0 Å². The number of hydrogen-bond acceptors (Lipinski definition) is 3. The number of carbonyl (C=O) groups is 2. The molecular weight excluding hydrogens is 328 g/mol. The standard InChI is InChI=1S/C13H19BrN2O4/c1-3-4-16-8-9(14)5-11(16)13(19)15-7-10(20-2)6-12(17)18/h5,8,10H,3-4,6-7H2,1-2H3,(H,15,19)(H,17,18). The monoisotopic (exact) mass is 346 g/mol. The van der Waals surface area contributed by atoms with E-state index in [1.807, 2.05) is 17.7 Å². The van der Waals surface area contributed by atoms with Crippen molar-refractivity contribution in [3.05, 3.63) is 22.4 Å². The van der Waals surface area contributed by atoms with Crippen LogP contribution >= 0.6 is 15.9 Å². The highest BCUT2D eigenvalue weighted by atomic mass is 79.9. The summed E-state index contributed by atoms with van der Waals surface area (Å²) in [5.41, 5.74) is 0.545. The molecule has 0 saturated heterocycles. The normalized spacial score (nSPS) is 12.2. The van der Waals surface area contributed by atoms with Gasteiger partial charge in [0.15, 0.2) is 0 Å². The topological polar surface area (TPSA) is 80.6 Å². The van der Waals surface area contributed by atoms with Gasteiger partial charge in [-0.2, -0.15) is 0 Å². The zero-order chi connectivity index (χ0) is 15.1. The summed E-state index contributed by atoms with van der Waals surface area (Å²) in [6, 6.07) is 1.74. The van der Waals surface area contributed by atoms with Crippen molar-refractivity contribution in [1.82, 2.24) is 9.88 Å². The average Bonchev–Trinajstić information content (AvgIpc) is 2.75. The lowest BCUT2D eigenvalue weighted by Crippen LogP contribution is -2.35. The number of halogens is 1. The van der Waals surface area contributed by atoms with Gasteiger partial charge in [-0.1, -0.05) is 6.92 Å². The SMILES string of the molecule is CCCn1cc(Br)cc1C(=O)NCC(CC(=O)O)OC. The third-order valence-electron chi connectivity index (χ3n) is 2.79. The number of amides is 1. The van der Waals surface area contributed by atoms with Crippen LogP contribution in [0.5, 0.6) is 0 Å². The van der Waals surface area contributed by atoms with Crippen LogP contribution in [0.1, 0.15) is 30.3 Å². The number of hydrogen-bond donors (Lipinski definition) is 2. The van der Waals surface area contributed by atoms with Crippen molar-refractivity contribution in [2.24, 2.45) is 0 Å². The van der Waals surface area contributed by atoms with Crippen LogP contribution in [-0.4, -0.2) is 41.3 Å². The molecule has 0 spiro atoms. The molecule has 2 N–H and O–H groups in total. The lowest BCUT2D eigenvalue weighted by atomic mass is 10.2. The summed E-state index contributed by atoms with van der Waals surface area (Å²) >= 11 is 3.34. The molecule has 0 saturated carbocycles. The van der Waals surface area contributed by atoms with E-state index in [1.165, 1.54) is 7.11 Å². The summed E-state index contributed by atoms with van der Waals surface area (Å²) < 4.78 is 7.72. The zero-order valence-corrected chi connectivity index (χ0v) is 13.1. The minimum atomic E-state index is -0.955. The Morgan fingerprint density at radius 2 is 2.25 bits per heavy atom. The minimum Gasteiger partial charge on any atom is -0.481 e. The first-order valence-corrected chi connectivity index (χ1v) is 7.15. The predicted molar refractivity (Wildman–Crippen MR) is 77.8 cm³/mol. The van der Waals surface area contributed by atoms with Crippen LogP contribution in [-0.2, 0) is 16.1 Å². The number of aryl methyl sites for hydroxylation is 1. The first-order valence-electron chi connectivity index (χ1n) is 6.36. The predicted octanol–water partition coefficient (Wildman–Crippen LogP) is 1.88. The van der Waals surface area contributed by atoms with Crippen LogP contribution in [0.15, 0.2) is 16.7 Å². The molecule has 0 aromatic carbocycles. The Kier molecular flexibility index (Phi) is 6.74. The van der Waals surface area contributed by atoms with Crippen LogP contribution in [0, 0.1) is 0 Å². The molecule has 1 unspecified atom stereocenters. The van der Waals surface area contributed by atoms with Gasteiger partial charge in [0.25, 0.3) is 5.91 Å². The van der Waals surface area contributed by atoms with Crippen molar-refractivity contribution < 1.29 is 19.4 Å². The van der Waals surface area contributed by atoms with Crippen molar-refractivity contribution in [2.45, 2.75) is 32.4 Å². The van der Waals surface area contributed by atoms with Crippen molar-refractivity contribution in [3.63, 3.8) is 0 Å². The average molecular weight is 347 g/mol. The number of aliphatic carboxylic acids is 1. The molecule has 1 atom stereocenters. The van der Waals surface area contributed by atoms with E-state index in [2.05, 4.69) is 21.2 Å². The molecule has 7 heteroatoms. The van der Waals surface area contributed by atoms with Crippen LogP contribution in [0.4, 0.5) is 0 Å². The van der Waals surface area contributed by atoms with Gasteiger partial charge in [-0.05, 0) is 28.4 Å². The van der Waals surface area contributed by atoms with E-state index in [4.69, 9.17) is 9.84 Å². The number of carbonyl (C=O) groups excluding carboxylic acids is 1. The first-order chi connectivity index (χ1) is 9.47. The molecule has 20 heavy (non-hydrogen) atoms. The van der Waals surface area contributed by atoms with E-state index in [9.17, 15) is 9.59 Å². The van der Waals surface area contributed by atoms with Crippen molar-refractivity contribution in [1.29, 1.82) is 0 Å².